The van der Waals surface area contributed by atoms with Gasteiger partial charge in [-0.05, 0) is 48.6 Å². The van der Waals surface area contributed by atoms with E-state index in [0.29, 0.717) is 22.8 Å². The molecule has 1 saturated carbocycles. The SMILES string of the molecule is COC(=O)c1ccc(CN[C@@H]2C(CO)N(CC3CC3)[C@@]3(C(=O)Nc4cc(Cl)ccc43)[C@H]2c2cccc(Cl)c2F)c([N+](=O)[O-])c1. The molecule has 1 unspecified atom stereocenters. The van der Waals surface area contributed by atoms with Gasteiger partial charge in [0, 0.05) is 53.0 Å². The Labute approximate surface area is 262 Å². The Morgan fingerprint density at radius 2 is 2.00 bits per heavy atom. The van der Waals surface area contributed by atoms with Crippen LogP contribution in [0.3, 0.4) is 0 Å². The van der Waals surface area contributed by atoms with Crippen LogP contribution in [0.25, 0.3) is 0 Å². The Morgan fingerprint density at radius 3 is 2.68 bits per heavy atom. The standard InChI is InChI=1S/C31H29Cl2FN4O6/c1-44-29(40)17-7-8-18(24(11-17)38(42)43)13-35-28-25(15-39)37(14-16-5-6-16)31(26(28)20-3-2-4-22(33)27(20)34)21-10-9-19(32)12-23(21)36-30(31)41/h2-4,7-12,16,25-26,28,35,39H,5-6,13-15H2,1H3,(H,36,41)/t25?,26-,28+,31+/m0/s1. The van der Waals surface area contributed by atoms with E-state index >= 15 is 4.39 Å². The second-order valence-electron chi connectivity index (χ2n) is 11.4. The first-order valence-electron chi connectivity index (χ1n) is 14.1. The summed E-state index contributed by atoms with van der Waals surface area (Å²) in [6.45, 7) is -0.00396. The number of rotatable bonds is 9. The number of anilines is 1. The van der Waals surface area contributed by atoms with Gasteiger partial charge in [0.2, 0.25) is 5.91 Å². The average molecular weight is 643 g/mol. The molecule has 6 rings (SSSR count). The van der Waals surface area contributed by atoms with Crippen molar-refractivity contribution in [3.8, 4) is 0 Å². The molecule has 3 N–H and O–H groups in total. The fraction of sp³-hybridized carbons (Fsp3) is 0.355. The van der Waals surface area contributed by atoms with Crippen LogP contribution in [-0.2, 0) is 21.6 Å². The molecule has 1 saturated heterocycles. The van der Waals surface area contributed by atoms with E-state index in [0.717, 1.165) is 18.9 Å². The highest BCUT2D eigenvalue weighted by Crippen LogP contribution is 2.58. The summed E-state index contributed by atoms with van der Waals surface area (Å²) in [4.78, 5) is 39.7. The highest BCUT2D eigenvalue weighted by atomic mass is 35.5. The van der Waals surface area contributed by atoms with Crippen LogP contribution in [-0.4, -0.2) is 59.2 Å². The number of fused-ring (bicyclic) bond motifs is 2. The lowest BCUT2D eigenvalue weighted by Crippen LogP contribution is -2.53. The molecule has 1 amide bonds. The molecule has 3 aliphatic rings. The van der Waals surface area contributed by atoms with Gasteiger partial charge in [-0.2, -0.15) is 0 Å². The van der Waals surface area contributed by atoms with Crippen LogP contribution in [0, 0.1) is 21.8 Å². The summed E-state index contributed by atoms with van der Waals surface area (Å²) in [6, 6.07) is 12.2. The third-order valence-corrected chi connectivity index (χ3v) is 9.48. The highest BCUT2D eigenvalue weighted by Gasteiger charge is 2.67. The van der Waals surface area contributed by atoms with Crippen molar-refractivity contribution >= 4 is 46.5 Å². The number of carbonyl (C=O) groups excluding carboxylic acids is 2. The molecule has 1 spiro atoms. The monoisotopic (exact) mass is 642 g/mol. The van der Waals surface area contributed by atoms with Gasteiger partial charge in [-0.3, -0.25) is 19.8 Å². The van der Waals surface area contributed by atoms with E-state index in [9.17, 15) is 24.8 Å². The minimum atomic E-state index is -1.46. The molecular formula is C31H29Cl2FN4O6. The maximum atomic E-state index is 16.0. The van der Waals surface area contributed by atoms with Gasteiger partial charge < -0.3 is 20.5 Å². The van der Waals surface area contributed by atoms with Gasteiger partial charge >= 0.3 is 5.97 Å². The summed E-state index contributed by atoms with van der Waals surface area (Å²) in [5.41, 5.74) is -0.256. The van der Waals surface area contributed by atoms with E-state index in [1.54, 1.807) is 30.3 Å². The number of aliphatic hydroxyl groups excluding tert-OH is 1. The molecule has 0 aromatic heterocycles. The zero-order valence-corrected chi connectivity index (χ0v) is 25.1. The summed E-state index contributed by atoms with van der Waals surface area (Å²) in [5.74, 6) is -2.45. The molecule has 3 aromatic carbocycles. The van der Waals surface area contributed by atoms with Gasteiger partial charge in [-0.15, -0.1) is 0 Å². The Balaban J connectivity index is 1.51. The first-order chi connectivity index (χ1) is 21.1. The maximum absolute atomic E-state index is 16.0. The number of nitrogens with zero attached hydrogens (tertiary/aromatic N) is 2. The molecule has 2 fully saturated rings. The Bertz CT molecular complexity index is 1670. The summed E-state index contributed by atoms with van der Waals surface area (Å²) < 4.78 is 20.7. The number of carbonyl (C=O) groups is 2. The number of aliphatic hydroxyl groups is 1. The van der Waals surface area contributed by atoms with Gasteiger partial charge in [0.15, 0.2) is 0 Å². The molecule has 230 valence electrons. The Hall–Kier alpha value is -3.61. The molecule has 13 heteroatoms. The number of benzene rings is 3. The van der Waals surface area contributed by atoms with Crippen LogP contribution < -0.4 is 10.6 Å². The number of hydrogen-bond acceptors (Lipinski definition) is 8. The quantitative estimate of drug-likeness (QED) is 0.169. The normalized spacial score (nSPS) is 24.4. The summed E-state index contributed by atoms with van der Waals surface area (Å²) in [7, 11) is 1.18. The molecule has 44 heavy (non-hydrogen) atoms. The fourth-order valence-corrected chi connectivity index (χ4v) is 7.22. The number of methoxy groups -OCH3 is 1. The second-order valence-corrected chi connectivity index (χ2v) is 12.2. The van der Waals surface area contributed by atoms with Crippen molar-refractivity contribution in [2.24, 2.45) is 5.92 Å². The van der Waals surface area contributed by atoms with Crippen molar-refractivity contribution in [3.63, 3.8) is 0 Å². The number of hydrogen-bond donors (Lipinski definition) is 3. The first-order valence-corrected chi connectivity index (χ1v) is 14.9. The zero-order valence-electron chi connectivity index (χ0n) is 23.6. The number of nitro groups is 1. The number of nitrogens with one attached hydrogen (secondary N) is 2. The lowest BCUT2D eigenvalue weighted by Gasteiger charge is -2.39. The number of amides is 1. The zero-order chi connectivity index (χ0) is 31.3. The van der Waals surface area contributed by atoms with Crippen molar-refractivity contribution in [1.82, 2.24) is 10.2 Å². The van der Waals surface area contributed by atoms with Gasteiger partial charge in [-0.1, -0.05) is 47.5 Å². The van der Waals surface area contributed by atoms with Gasteiger partial charge in [0.05, 0.1) is 35.3 Å². The third kappa shape index (κ3) is 4.93. The predicted molar refractivity (Wildman–Crippen MR) is 161 cm³/mol. The van der Waals surface area contributed by atoms with Crippen molar-refractivity contribution in [2.75, 3.05) is 25.6 Å². The lowest BCUT2D eigenvalue weighted by molar-refractivity contribution is -0.385. The number of esters is 1. The maximum Gasteiger partial charge on any atom is 0.338 e. The summed E-state index contributed by atoms with van der Waals surface area (Å²) in [5, 5.41) is 29.5. The highest BCUT2D eigenvalue weighted by molar-refractivity contribution is 6.31. The topological polar surface area (TPSA) is 134 Å². The third-order valence-electron chi connectivity index (χ3n) is 8.95. The van der Waals surface area contributed by atoms with E-state index < -0.39 is 46.2 Å². The van der Waals surface area contributed by atoms with Crippen LogP contribution in [0.2, 0.25) is 10.0 Å². The minimum absolute atomic E-state index is 0.0170. The van der Waals surface area contributed by atoms with E-state index in [-0.39, 0.29) is 46.5 Å². The van der Waals surface area contributed by atoms with Crippen LogP contribution in [0.4, 0.5) is 15.8 Å². The number of likely N-dealkylation sites (tertiary alicyclic amines) is 1. The number of ether oxygens (including phenoxy) is 1. The predicted octanol–water partition coefficient (Wildman–Crippen LogP) is 5.00. The van der Waals surface area contributed by atoms with Crippen molar-refractivity contribution in [2.45, 2.75) is 42.9 Å². The van der Waals surface area contributed by atoms with Crippen LogP contribution >= 0.6 is 23.2 Å². The van der Waals surface area contributed by atoms with Gasteiger partial charge in [0.25, 0.3) is 5.69 Å². The summed E-state index contributed by atoms with van der Waals surface area (Å²) >= 11 is 12.6. The molecule has 4 atom stereocenters. The van der Waals surface area contributed by atoms with Crippen LogP contribution in [0.1, 0.15) is 45.8 Å². The van der Waals surface area contributed by atoms with E-state index in [1.165, 1.54) is 25.3 Å². The second kappa shape index (κ2) is 11.7. The van der Waals surface area contributed by atoms with Crippen LogP contribution in [0.5, 0.6) is 0 Å². The Kier molecular flexibility index (Phi) is 8.10. The van der Waals surface area contributed by atoms with E-state index in [2.05, 4.69) is 10.6 Å². The van der Waals surface area contributed by atoms with Gasteiger partial charge in [-0.25, -0.2) is 9.18 Å². The van der Waals surface area contributed by atoms with Crippen molar-refractivity contribution in [1.29, 1.82) is 0 Å². The molecule has 0 bridgehead atoms. The molecule has 2 heterocycles. The molecule has 3 aromatic rings. The molecular weight excluding hydrogens is 614 g/mol. The minimum Gasteiger partial charge on any atom is -0.465 e. The smallest absolute Gasteiger partial charge is 0.338 e. The van der Waals surface area contributed by atoms with E-state index in [4.69, 9.17) is 27.9 Å². The molecule has 1 aliphatic carbocycles. The Morgan fingerprint density at radius 1 is 1.23 bits per heavy atom. The van der Waals surface area contributed by atoms with Crippen molar-refractivity contribution in [3.05, 3.63) is 103 Å². The largest absolute Gasteiger partial charge is 0.465 e. The van der Waals surface area contributed by atoms with E-state index in [1.807, 2.05) is 4.90 Å². The lowest BCUT2D eigenvalue weighted by atomic mass is 9.73. The van der Waals surface area contributed by atoms with Crippen LogP contribution in [0.15, 0.2) is 54.6 Å². The van der Waals surface area contributed by atoms with Crippen molar-refractivity contribution < 1.29 is 28.7 Å². The number of halogens is 3. The fourth-order valence-electron chi connectivity index (χ4n) is 6.86. The molecule has 10 nitrogen and oxygen atoms in total. The summed E-state index contributed by atoms with van der Waals surface area (Å²) in [6.07, 6.45) is 1.90. The molecule has 0 radical (unpaired) electrons. The number of nitro benzene ring substituents is 1. The first kappa shape index (κ1) is 30.4. The average Bonchev–Trinajstić information content (AvgIpc) is 3.73. The van der Waals surface area contributed by atoms with Gasteiger partial charge in [0.1, 0.15) is 11.4 Å². The molecule has 2 aliphatic heterocycles.